The van der Waals surface area contributed by atoms with Gasteiger partial charge >= 0.3 is 0 Å². The van der Waals surface area contributed by atoms with Gasteiger partial charge in [0.2, 0.25) is 5.91 Å². The fraction of sp³-hybridized carbons (Fsp3) is 0.391. The van der Waals surface area contributed by atoms with E-state index in [2.05, 4.69) is 10.6 Å². The van der Waals surface area contributed by atoms with Gasteiger partial charge in [-0.3, -0.25) is 9.59 Å². The van der Waals surface area contributed by atoms with Gasteiger partial charge in [0.25, 0.3) is 5.91 Å². The van der Waals surface area contributed by atoms with Crippen molar-refractivity contribution in [2.75, 3.05) is 30.3 Å². The normalized spacial score (nSPS) is 14.3. The molecule has 2 aromatic carbocycles. The topological polar surface area (TPSA) is 61.4 Å². The van der Waals surface area contributed by atoms with E-state index in [0.29, 0.717) is 5.56 Å². The lowest BCUT2D eigenvalue weighted by molar-refractivity contribution is -0.114. The van der Waals surface area contributed by atoms with Gasteiger partial charge in [-0.2, -0.15) is 0 Å². The molecule has 0 aliphatic carbocycles. The quantitative estimate of drug-likeness (QED) is 0.811. The van der Waals surface area contributed by atoms with Gasteiger partial charge < -0.3 is 15.5 Å². The molecule has 1 heterocycles. The molecular weight excluding hydrogens is 350 g/mol. The van der Waals surface area contributed by atoms with Crippen molar-refractivity contribution in [1.29, 1.82) is 0 Å². The number of anilines is 2. The second kappa shape index (κ2) is 9.40. The van der Waals surface area contributed by atoms with Gasteiger partial charge in [-0.15, -0.1) is 0 Å². The molecule has 0 aromatic heterocycles. The minimum Gasteiger partial charge on any atom is -0.376 e. The van der Waals surface area contributed by atoms with Gasteiger partial charge in [0, 0.05) is 30.0 Å². The van der Waals surface area contributed by atoms with E-state index in [0.717, 1.165) is 48.4 Å². The SMILES string of the molecule is Cc1cccc(C)c1NC(=O)CNc1ccc(C(=O)N2CCCCCC2)cc1. The molecule has 0 spiro atoms. The number of amides is 2. The van der Waals surface area contributed by atoms with Gasteiger partial charge in [-0.1, -0.05) is 31.0 Å². The van der Waals surface area contributed by atoms with E-state index >= 15 is 0 Å². The van der Waals surface area contributed by atoms with Crippen molar-refractivity contribution in [1.82, 2.24) is 4.90 Å². The molecule has 1 fully saturated rings. The van der Waals surface area contributed by atoms with Gasteiger partial charge in [0.15, 0.2) is 0 Å². The Morgan fingerprint density at radius 3 is 2.11 bits per heavy atom. The zero-order valence-corrected chi connectivity index (χ0v) is 16.8. The lowest BCUT2D eigenvalue weighted by atomic mass is 10.1. The molecule has 0 atom stereocenters. The van der Waals surface area contributed by atoms with Crippen LogP contribution in [0, 0.1) is 13.8 Å². The van der Waals surface area contributed by atoms with E-state index < -0.39 is 0 Å². The number of aryl methyl sites for hydroxylation is 2. The number of hydrogen-bond acceptors (Lipinski definition) is 3. The van der Waals surface area contributed by atoms with E-state index in [1.165, 1.54) is 12.8 Å². The minimum absolute atomic E-state index is 0.0953. The summed E-state index contributed by atoms with van der Waals surface area (Å²) in [6.45, 7) is 5.83. The maximum Gasteiger partial charge on any atom is 0.253 e. The van der Waals surface area contributed by atoms with E-state index in [1.807, 2.05) is 61.2 Å². The van der Waals surface area contributed by atoms with Crippen LogP contribution in [0.15, 0.2) is 42.5 Å². The third-order valence-electron chi connectivity index (χ3n) is 5.22. The zero-order valence-electron chi connectivity index (χ0n) is 16.8. The number of benzene rings is 2. The van der Waals surface area contributed by atoms with Crippen LogP contribution in [0.3, 0.4) is 0 Å². The molecule has 1 aliphatic heterocycles. The first kappa shape index (κ1) is 19.9. The number of hydrogen-bond donors (Lipinski definition) is 2. The molecule has 0 saturated carbocycles. The molecule has 28 heavy (non-hydrogen) atoms. The minimum atomic E-state index is -0.0953. The Labute approximate surface area is 167 Å². The molecule has 0 radical (unpaired) electrons. The van der Waals surface area contributed by atoms with E-state index in [1.54, 1.807) is 0 Å². The molecule has 1 aliphatic rings. The summed E-state index contributed by atoms with van der Waals surface area (Å²) in [4.78, 5) is 26.9. The van der Waals surface area contributed by atoms with Gasteiger partial charge in [-0.25, -0.2) is 0 Å². The molecule has 1 saturated heterocycles. The second-order valence-corrected chi connectivity index (χ2v) is 7.45. The molecule has 5 heteroatoms. The fourth-order valence-corrected chi connectivity index (χ4v) is 3.56. The Hall–Kier alpha value is -2.82. The van der Waals surface area contributed by atoms with Crippen molar-refractivity contribution in [3.05, 3.63) is 59.2 Å². The van der Waals surface area contributed by atoms with Crippen molar-refractivity contribution >= 4 is 23.2 Å². The fourth-order valence-electron chi connectivity index (χ4n) is 3.56. The van der Waals surface area contributed by atoms with Crippen LogP contribution in [-0.4, -0.2) is 36.3 Å². The highest BCUT2D eigenvalue weighted by atomic mass is 16.2. The number of carbonyl (C=O) groups excluding carboxylic acids is 2. The van der Waals surface area contributed by atoms with Crippen molar-refractivity contribution in [2.45, 2.75) is 39.5 Å². The second-order valence-electron chi connectivity index (χ2n) is 7.45. The first-order valence-electron chi connectivity index (χ1n) is 10.0. The summed E-state index contributed by atoms with van der Waals surface area (Å²) in [7, 11) is 0. The van der Waals surface area contributed by atoms with Crippen LogP contribution in [-0.2, 0) is 4.79 Å². The van der Waals surface area contributed by atoms with Crippen molar-refractivity contribution < 1.29 is 9.59 Å². The van der Waals surface area contributed by atoms with Crippen LogP contribution in [0.4, 0.5) is 11.4 Å². The summed E-state index contributed by atoms with van der Waals surface area (Å²) in [5.74, 6) is 0.00309. The van der Waals surface area contributed by atoms with Gasteiger partial charge in [-0.05, 0) is 62.1 Å². The molecule has 148 valence electrons. The number of nitrogens with one attached hydrogen (secondary N) is 2. The Morgan fingerprint density at radius 2 is 1.50 bits per heavy atom. The Kier molecular flexibility index (Phi) is 6.69. The lowest BCUT2D eigenvalue weighted by Crippen LogP contribution is -2.31. The summed E-state index contributed by atoms with van der Waals surface area (Å²) >= 11 is 0. The average Bonchev–Trinajstić information content (AvgIpc) is 2.99. The third kappa shape index (κ3) is 5.12. The zero-order chi connectivity index (χ0) is 19.9. The summed E-state index contributed by atoms with van der Waals surface area (Å²) in [6, 6.07) is 13.3. The van der Waals surface area contributed by atoms with E-state index in [4.69, 9.17) is 0 Å². The van der Waals surface area contributed by atoms with Crippen LogP contribution in [0.5, 0.6) is 0 Å². The van der Waals surface area contributed by atoms with Crippen LogP contribution in [0.25, 0.3) is 0 Å². The summed E-state index contributed by atoms with van der Waals surface area (Å²) in [5.41, 5.74) is 4.48. The number of carbonyl (C=O) groups is 2. The largest absolute Gasteiger partial charge is 0.376 e. The van der Waals surface area contributed by atoms with Gasteiger partial charge in [0.05, 0.1) is 6.54 Å². The predicted octanol–water partition coefficient (Wildman–Crippen LogP) is 4.37. The maximum atomic E-state index is 12.6. The molecule has 3 rings (SSSR count). The standard InChI is InChI=1S/C23H29N3O2/c1-17-8-7-9-18(2)22(17)25-21(27)16-24-20-12-10-19(11-13-20)23(28)26-14-5-3-4-6-15-26/h7-13,24H,3-6,14-16H2,1-2H3,(H,25,27). The van der Waals surface area contributed by atoms with Crippen LogP contribution < -0.4 is 10.6 Å². The molecule has 2 amide bonds. The molecule has 5 nitrogen and oxygen atoms in total. The maximum absolute atomic E-state index is 12.6. The Balaban J connectivity index is 1.54. The van der Waals surface area contributed by atoms with Crippen LogP contribution in [0.1, 0.15) is 47.2 Å². The monoisotopic (exact) mass is 379 g/mol. The first-order chi connectivity index (χ1) is 13.5. The van der Waals surface area contributed by atoms with Crippen molar-refractivity contribution in [2.24, 2.45) is 0 Å². The van der Waals surface area contributed by atoms with Gasteiger partial charge in [0.1, 0.15) is 0 Å². The van der Waals surface area contributed by atoms with E-state index in [-0.39, 0.29) is 18.4 Å². The highest BCUT2D eigenvalue weighted by Crippen LogP contribution is 2.19. The van der Waals surface area contributed by atoms with E-state index in [9.17, 15) is 9.59 Å². The molecule has 2 aromatic rings. The molecule has 0 unspecified atom stereocenters. The smallest absolute Gasteiger partial charge is 0.253 e. The average molecular weight is 380 g/mol. The molecular formula is C23H29N3O2. The predicted molar refractivity (Wildman–Crippen MR) is 114 cm³/mol. The lowest BCUT2D eigenvalue weighted by Gasteiger charge is -2.20. The number of nitrogens with zero attached hydrogens (tertiary/aromatic N) is 1. The summed E-state index contributed by atoms with van der Waals surface area (Å²) < 4.78 is 0. The van der Waals surface area contributed by atoms with Crippen molar-refractivity contribution in [3.63, 3.8) is 0 Å². The highest BCUT2D eigenvalue weighted by Gasteiger charge is 2.17. The molecule has 2 N–H and O–H groups in total. The molecule has 0 bridgehead atoms. The van der Waals surface area contributed by atoms with Crippen LogP contribution >= 0.6 is 0 Å². The highest BCUT2D eigenvalue weighted by molar-refractivity contribution is 5.96. The van der Waals surface area contributed by atoms with Crippen LogP contribution in [0.2, 0.25) is 0 Å². The Morgan fingerprint density at radius 1 is 0.893 bits per heavy atom. The number of likely N-dealkylation sites (tertiary alicyclic amines) is 1. The Bertz CT molecular complexity index is 802. The number of para-hydroxylation sites is 1. The number of rotatable bonds is 5. The summed E-state index contributed by atoms with van der Waals surface area (Å²) in [6.07, 6.45) is 4.58. The third-order valence-corrected chi connectivity index (χ3v) is 5.22. The first-order valence-corrected chi connectivity index (χ1v) is 10.0. The summed E-state index contributed by atoms with van der Waals surface area (Å²) in [5, 5.41) is 6.09. The van der Waals surface area contributed by atoms with Crippen molar-refractivity contribution in [3.8, 4) is 0 Å².